The summed E-state index contributed by atoms with van der Waals surface area (Å²) in [7, 11) is 0. The number of furan rings is 1. The Morgan fingerprint density at radius 2 is 1.53 bits per heavy atom. The predicted octanol–water partition coefficient (Wildman–Crippen LogP) is 7.13. The van der Waals surface area contributed by atoms with E-state index in [9.17, 15) is 0 Å². The standard InChI is InChI=1S/C27H24N2O/c1-26(2,3)17-14-13-16-22-21-15(9-8-12-20(21)30-24(17)22)23-25(27(16,4)5)29-19-11-7-6-10-18(19)28-23/h6-14H,1-5H3. The lowest BCUT2D eigenvalue weighted by Crippen LogP contribution is -2.22. The molecule has 0 saturated carbocycles. The summed E-state index contributed by atoms with van der Waals surface area (Å²) in [5, 5.41) is 2.37. The van der Waals surface area contributed by atoms with E-state index in [1.54, 1.807) is 0 Å². The van der Waals surface area contributed by atoms with E-state index in [4.69, 9.17) is 14.4 Å². The first-order valence-corrected chi connectivity index (χ1v) is 10.5. The Bertz CT molecular complexity index is 1500. The molecule has 0 atom stereocenters. The third kappa shape index (κ3) is 2.15. The predicted molar refractivity (Wildman–Crippen MR) is 123 cm³/mol. The second kappa shape index (κ2) is 5.48. The topological polar surface area (TPSA) is 38.9 Å². The molecule has 0 aliphatic heterocycles. The Morgan fingerprint density at radius 3 is 2.27 bits per heavy atom. The molecule has 1 aliphatic carbocycles. The van der Waals surface area contributed by atoms with Gasteiger partial charge in [-0.3, -0.25) is 0 Å². The fourth-order valence-electron chi connectivity index (χ4n) is 4.98. The molecule has 2 aromatic heterocycles. The van der Waals surface area contributed by atoms with Crippen LogP contribution in [-0.4, -0.2) is 9.97 Å². The molecule has 0 radical (unpaired) electrons. The minimum atomic E-state index is -0.309. The highest BCUT2D eigenvalue weighted by Gasteiger charge is 2.37. The molecule has 0 unspecified atom stereocenters. The van der Waals surface area contributed by atoms with Crippen LogP contribution in [0.3, 0.4) is 0 Å². The number of hydrogen-bond donors (Lipinski definition) is 0. The summed E-state index contributed by atoms with van der Waals surface area (Å²) in [4.78, 5) is 10.3. The maximum Gasteiger partial charge on any atom is 0.139 e. The third-order valence-corrected chi connectivity index (χ3v) is 6.54. The van der Waals surface area contributed by atoms with E-state index in [-0.39, 0.29) is 10.8 Å². The first kappa shape index (κ1) is 17.6. The Kier molecular flexibility index (Phi) is 3.22. The lowest BCUT2D eigenvalue weighted by molar-refractivity contribution is 0.569. The molecule has 6 rings (SSSR count). The molecule has 0 N–H and O–H groups in total. The van der Waals surface area contributed by atoms with Gasteiger partial charge in [-0.25, -0.2) is 9.97 Å². The van der Waals surface area contributed by atoms with Gasteiger partial charge in [-0.2, -0.15) is 0 Å². The van der Waals surface area contributed by atoms with Crippen molar-refractivity contribution < 1.29 is 4.42 Å². The minimum Gasteiger partial charge on any atom is -0.456 e. The number of rotatable bonds is 0. The van der Waals surface area contributed by atoms with Gasteiger partial charge in [0.25, 0.3) is 0 Å². The molecular formula is C27H24N2O. The summed E-state index contributed by atoms with van der Waals surface area (Å²) in [6.07, 6.45) is 0. The molecule has 0 bridgehead atoms. The molecule has 0 saturated heterocycles. The van der Waals surface area contributed by atoms with E-state index in [1.807, 2.05) is 24.3 Å². The van der Waals surface area contributed by atoms with Crippen molar-refractivity contribution in [3.8, 4) is 11.3 Å². The molecule has 3 aromatic carbocycles. The number of nitrogens with zero attached hydrogens (tertiary/aromatic N) is 2. The van der Waals surface area contributed by atoms with Gasteiger partial charge in [0.15, 0.2) is 0 Å². The monoisotopic (exact) mass is 392 g/mol. The molecule has 2 heterocycles. The Hall–Kier alpha value is -3.20. The number of benzene rings is 3. The summed E-state index contributed by atoms with van der Waals surface area (Å²) >= 11 is 0. The lowest BCUT2D eigenvalue weighted by Gasteiger charge is -2.28. The molecule has 0 fully saturated rings. The van der Waals surface area contributed by atoms with E-state index >= 15 is 0 Å². The summed E-state index contributed by atoms with van der Waals surface area (Å²) in [6.45, 7) is 11.2. The second-order valence-corrected chi connectivity index (χ2v) is 9.93. The normalized spacial score (nSPS) is 15.1. The number of para-hydroxylation sites is 2. The van der Waals surface area contributed by atoms with E-state index in [0.717, 1.165) is 44.5 Å². The van der Waals surface area contributed by atoms with Crippen LogP contribution < -0.4 is 0 Å². The van der Waals surface area contributed by atoms with Gasteiger partial charge < -0.3 is 4.42 Å². The molecule has 5 aromatic rings. The first-order valence-electron chi connectivity index (χ1n) is 10.5. The van der Waals surface area contributed by atoms with Crippen LogP contribution in [0.2, 0.25) is 0 Å². The fourth-order valence-corrected chi connectivity index (χ4v) is 4.98. The van der Waals surface area contributed by atoms with Crippen LogP contribution in [0.25, 0.3) is 44.2 Å². The summed E-state index contributed by atoms with van der Waals surface area (Å²) in [5.41, 5.74) is 9.02. The van der Waals surface area contributed by atoms with Crippen molar-refractivity contribution in [2.24, 2.45) is 0 Å². The van der Waals surface area contributed by atoms with Gasteiger partial charge in [-0.1, -0.05) is 71.0 Å². The van der Waals surface area contributed by atoms with Crippen LogP contribution in [0.5, 0.6) is 0 Å². The first-order chi connectivity index (χ1) is 14.3. The highest BCUT2D eigenvalue weighted by atomic mass is 16.3. The van der Waals surface area contributed by atoms with Crippen molar-refractivity contribution in [2.75, 3.05) is 0 Å². The Morgan fingerprint density at radius 1 is 0.800 bits per heavy atom. The van der Waals surface area contributed by atoms with E-state index < -0.39 is 0 Å². The Labute approximate surface area is 175 Å². The van der Waals surface area contributed by atoms with E-state index in [0.29, 0.717) is 0 Å². The van der Waals surface area contributed by atoms with Crippen LogP contribution in [0.1, 0.15) is 51.4 Å². The molecular weight excluding hydrogens is 368 g/mol. The van der Waals surface area contributed by atoms with Crippen molar-refractivity contribution >= 4 is 33.0 Å². The fraction of sp³-hybridized carbons (Fsp3) is 0.259. The van der Waals surface area contributed by atoms with Gasteiger partial charge in [0.1, 0.15) is 11.2 Å². The summed E-state index contributed by atoms with van der Waals surface area (Å²) in [5.74, 6) is 0. The van der Waals surface area contributed by atoms with Crippen molar-refractivity contribution in [1.29, 1.82) is 0 Å². The lowest BCUT2D eigenvalue weighted by atomic mass is 9.77. The zero-order valence-corrected chi connectivity index (χ0v) is 18.0. The van der Waals surface area contributed by atoms with E-state index in [2.05, 4.69) is 65.0 Å². The number of hydrogen-bond acceptors (Lipinski definition) is 3. The largest absolute Gasteiger partial charge is 0.456 e. The van der Waals surface area contributed by atoms with Gasteiger partial charge in [0.2, 0.25) is 0 Å². The van der Waals surface area contributed by atoms with Gasteiger partial charge in [0.05, 0.1) is 22.4 Å². The van der Waals surface area contributed by atoms with Crippen LogP contribution in [0, 0.1) is 0 Å². The molecule has 0 amide bonds. The van der Waals surface area contributed by atoms with Crippen molar-refractivity contribution in [3.63, 3.8) is 0 Å². The molecule has 1 aliphatic rings. The maximum absolute atomic E-state index is 6.51. The van der Waals surface area contributed by atoms with Gasteiger partial charge >= 0.3 is 0 Å². The molecule has 0 spiro atoms. The zero-order valence-electron chi connectivity index (χ0n) is 18.0. The molecule has 148 valence electrons. The third-order valence-electron chi connectivity index (χ3n) is 6.54. The minimum absolute atomic E-state index is 0.0128. The molecule has 3 nitrogen and oxygen atoms in total. The number of aromatic nitrogens is 2. The van der Waals surface area contributed by atoms with E-state index in [1.165, 1.54) is 16.5 Å². The summed E-state index contributed by atoms with van der Waals surface area (Å²) < 4.78 is 6.51. The molecule has 3 heteroatoms. The average molecular weight is 393 g/mol. The van der Waals surface area contributed by atoms with Crippen LogP contribution in [0.15, 0.2) is 59.0 Å². The van der Waals surface area contributed by atoms with Gasteiger partial charge in [-0.05, 0) is 29.2 Å². The van der Waals surface area contributed by atoms with Crippen molar-refractivity contribution in [1.82, 2.24) is 9.97 Å². The van der Waals surface area contributed by atoms with Gasteiger partial charge in [-0.15, -0.1) is 0 Å². The summed E-state index contributed by atoms with van der Waals surface area (Å²) in [6, 6.07) is 18.9. The van der Waals surface area contributed by atoms with Gasteiger partial charge in [0, 0.05) is 27.3 Å². The van der Waals surface area contributed by atoms with Crippen molar-refractivity contribution in [2.45, 2.75) is 45.4 Å². The van der Waals surface area contributed by atoms with Crippen LogP contribution >= 0.6 is 0 Å². The van der Waals surface area contributed by atoms with Crippen LogP contribution in [-0.2, 0) is 10.8 Å². The van der Waals surface area contributed by atoms with Crippen LogP contribution in [0.4, 0.5) is 0 Å². The molecule has 30 heavy (non-hydrogen) atoms. The average Bonchev–Trinajstić information content (AvgIpc) is 3.07. The SMILES string of the molecule is CC(C)(C)c1ccc2c3c1oc1cccc(c13)-c1nc3ccccc3nc1C2(C)C. The smallest absolute Gasteiger partial charge is 0.139 e. The Balaban J connectivity index is 1.87. The quantitative estimate of drug-likeness (QED) is 0.281. The highest BCUT2D eigenvalue weighted by molar-refractivity contribution is 6.16. The zero-order chi connectivity index (χ0) is 20.8. The highest BCUT2D eigenvalue weighted by Crippen LogP contribution is 2.50. The maximum atomic E-state index is 6.51. The van der Waals surface area contributed by atoms with Crippen molar-refractivity contribution in [3.05, 3.63) is 71.4 Å². The number of fused-ring (bicyclic) bond motifs is 3. The second-order valence-electron chi connectivity index (χ2n) is 9.93.